The second-order valence-electron chi connectivity index (χ2n) is 4.55. The van der Waals surface area contributed by atoms with Crippen LogP contribution in [0.15, 0.2) is 48.5 Å². The van der Waals surface area contributed by atoms with Crippen LogP contribution in [-0.4, -0.2) is 21.2 Å². The molecular formula is C16H10ClNO3. The van der Waals surface area contributed by atoms with Gasteiger partial charge in [0.05, 0.1) is 11.3 Å². The lowest BCUT2D eigenvalue weighted by Crippen LogP contribution is -2.00. The number of halogens is 1. The number of hydrogen-bond donors (Lipinski definition) is 2. The van der Waals surface area contributed by atoms with Crippen LogP contribution in [0, 0.1) is 0 Å². The number of carbonyl (C=O) groups is 1. The van der Waals surface area contributed by atoms with Crippen LogP contribution in [0.2, 0.25) is 5.02 Å². The number of carboxylic acids is 1. The fourth-order valence-electron chi connectivity index (χ4n) is 2.21. The third-order valence-corrected chi connectivity index (χ3v) is 3.38. The van der Waals surface area contributed by atoms with Crippen LogP contribution in [-0.2, 0) is 0 Å². The highest BCUT2D eigenvalue weighted by molar-refractivity contribution is 6.31. The summed E-state index contributed by atoms with van der Waals surface area (Å²) < 4.78 is 0. The molecule has 2 aromatic carbocycles. The first-order valence-corrected chi connectivity index (χ1v) is 6.56. The molecule has 1 heterocycles. The van der Waals surface area contributed by atoms with Gasteiger partial charge in [0, 0.05) is 22.0 Å². The average molecular weight is 300 g/mol. The van der Waals surface area contributed by atoms with E-state index in [1.807, 2.05) is 30.3 Å². The Bertz CT molecular complexity index is 847. The van der Waals surface area contributed by atoms with Crippen molar-refractivity contribution >= 4 is 28.5 Å². The van der Waals surface area contributed by atoms with Gasteiger partial charge in [-0.15, -0.1) is 0 Å². The minimum Gasteiger partial charge on any atom is -0.506 e. The maximum atomic E-state index is 11.5. The van der Waals surface area contributed by atoms with Crippen LogP contribution < -0.4 is 0 Å². The van der Waals surface area contributed by atoms with Crippen LogP contribution in [0.1, 0.15) is 10.4 Å². The van der Waals surface area contributed by atoms with Crippen LogP contribution in [0.5, 0.6) is 5.75 Å². The third kappa shape index (κ3) is 2.41. The lowest BCUT2D eigenvalue weighted by atomic mass is 10.0. The number of aromatic carboxylic acids is 1. The van der Waals surface area contributed by atoms with Crippen LogP contribution >= 0.6 is 11.6 Å². The molecule has 0 atom stereocenters. The van der Waals surface area contributed by atoms with E-state index < -0.39 is 5.97 Å². The smallest absolute Gasteiger partial charge is 0.336 e. The van der Waals surface area contributed by atoms with E-state index in [4.69, 9.17) is 11.6 Å². The predicted molar refractivity (Wildman–Crippen MR) is 80.8 cm³/mol. The van der Waals surface area contributed by atoms with Crippen LogP contribution in [0.4, 0.5) is 0 Å². The van der Waals surface area contributed by atoms with E-state index in [1.165, 1.54) is 18.2 Å². The van der Waals surface area contributed by atoms with Crippen molar-refractivity contribution < 1.29 is 15.0 Å². The number of aromatic hydroxyl groups is 1. The zero-order chi connectivity index (χ0) is 15.0. The van der Waals surface area contributed by atoms with Crippen molar-refractivity contribution in [3.8, 4) is 17.0 Å². The highest BCUT2D eigenvalue weighted by Gasteiger charge is 2.16. The highest BCUT2D eigenvalue weighted by atomic mass is 35.5. The molecule has 0 saturated heterocycles. The third-order valence-electron chi connectivity index (χ3n) is 3.16. The Morgan fingerprint density at radius 1 is 1.10 bits per heavy atom. The zero-order valence-corrected chi connectivity index (χ0v) is 11.5. The molecule has 3 aromatic rings. The molecule has 5 heteroatoms. The van der Waals surface area contributed by atoms with Crippen molar-refractivity contribution in [2.75, 3.05) is 0 Å². The summed E-state index contributed by atoms with van der Waals surface area (Å²) in [6, 6.07) is 13.5. The van der Waals surface area contributed by atoms with E-state index in [9.17, 15) is 15.0 Å². The van der Waals surface area contributed by atoms with Crippen molar-refractivity contribution in [3.05, 3.63) is 59.1 Å². The van der Waals surface area contributed by atoms with Gasteiger partial charge in [-0.25, -0.2) is 9.78 Å². The van der Waals surface area contributed by atoms with Gasteiger partial charge in [0.1, 0.15) is 11.3 Å². The SMILES string of the molecule is O=C(O)c1cc(-c2ccccc2)nc2c(O)cc(Cl)cc12. The molecule has 3 rings (SSSR count). The van der Waals surface area contributed by atoms with Gasteiger partial charge in [-0.05, 0) is 12.1 Å². The quantitative estimate of drug-likeness (QED) is 0.751. The van der Waals surface area contributed by atoms with E-state index in [1.54, 1.807) is 0 Å². The molecular weight excluding hydrogens is 290 g/mol. The fraction of sp³-hybridized carbons (Fsp3) is 0. The number of carboxylic acid groups (broad SMARTS) is 1. The molecule has 21 heavy (non-hydrogen) atoms. The first-order chi connectivity index (χ1) is 10.1. The van der Waals surface area contributed by atoms with Gasteiger partial charge in [0.15, 0.2) is 0 Å². The van der Waals surface area contributed by atoms with Gasteiger partial charge >= 0.3 is 5.97 Å². The molecule has 0 fully saturated rings. The van der Waals surface area contributed by atoms with Crippen molar-refractivity contribution in [1.29, 1.82) is 0 Å². The Morgan fingerprint density at radius 3 is 2.48 bits per heavy atom. The standard InChI is InChI=1S/C16H10ClNO3/c17-10-6-11-12(16(20)21)8-13(9-4-2-1-3-5-9)18-15(11)14(19)7-10/h1-8,19H,(H,20,21). The van der Waals surface area contributed by atoms with E-state index in [0.29, 0.717) is 11.1 Å². The number of benzene rings is 2. The fourth-order valence-corrected chi connectivity index (χ4v) is 2.42. The summed E-state index contributed by atoms with van der Waals surface area (Å²) in [7, 11) is 0. The Balaban J connectivity index is 2.38. The Kier molecular flexibility index (Phi) is 3.23. The topological polar surface area (TPSA) is 70.4 Å². The molecule has 1 aromatic heterocycles. The second kappa shape index (κ2) is 5.07. The number of phenols is 1. The normalized spacial score (nSPS) is 10.7. The number of hydrogen-bond acceptors (Lipinski definition) is 3. The van der Waals surface area contributed by atoms with Gasteiger partial charge in [0.25, 0.3) is 0 Å². The lowest BCUT2D eigenvalue weighted by Gasteiger charge is -2.09. The van der Waals surface area contributed by atoms with Gasteiger partial charge in [0.2, 0.25) is 0 Å². The summed E-state index contributed by atoms with van der Waals surface area (Å²) in [4.78, 5) is 15.8. The number of aromatic nitrogens is 1. The molecule has 0 saturated carbocycles. The van der Waals surface area contributed by atoms with E-state index in [-0.39, 0.29) is 21.9 Å². The van der Waals surface area contributed by atoms with Crippen molar-refractivity contribution in [1.82, 2.24) is 4.98 Å². The largest absolute Gasteiger partial charge is 0.506 e. The number of phenolic OH excluding ortho intramolecular Hbond substituents is 1. The summed E-state index contributed by atoms with van der Waals surface area (Å²) in [5, 5.41) is 19.9. The summed E-state index contributed by atoms with van der Waals surface area (Å²) in [6.07, 6.45) is 0. The maximum Gasteiger partial charge on any atom is 0.336 e. The number of nitrogens with zero attached hydrogens (tertiary/aromatic N) is 1. The minimum absolute atomic E-state index is 0.0525. The molecule has 0 aliphatic heterocycles. The van der Waals surface area contributed by atoms with E-state index in [2.05, 4.69) is 4.98 Å². The van der Waals surface area contributed by atoms with Gasteiger partial charge in [-0.3, -0.25) is 0 Å². The second-order valence-corrected chi connectivity index (χ2v) is 4.98. The van der Waals surface area contributed by atoms with Crippen molar-refractivity contribution in [3.63, 3.8) is 0 Å². The Morgan fingerprint density at radius 2 is 1.81 bits per heavy atom. The molecule has 0 unspecified atom stereocenters. The van der Waals surface area contributed by atoms with Crippen molar-refractivity contribution in [2.24, 2.45) is 0 Å². The Hall–Kier alpha value is -2.59. The molecule has 2 N–H and O–H groups in total. The van der Waals surface area contributed by atoms with E-state index in [0.717, 1.165) is 5.56 Å². The number of rotatable bonds is 2. The van der Waals surface area contributed by atoms with Crippen LogP contribution in [0.3, 0.4) is 0 Å². The molecule has 0 bridgehead atoms. The molecule has 4 nitrogen and oxygen atoms in total. The maximum absolute atomic E-state index is 11.5. The van der Waals surface area contributed by atoms with Gasteiger partial charge in [-0.1, -0.05) is 41.9 Å². The summed E-state index contributed by atoms with van der Waals surface area (Å²) in [5.41, 5.74) is 1.53. The van der Waals surface area contributed by atoms with Gasteiger partial charge < -0.3 is 10.2 Å². The number of fused-ring (bicyclic) bond motifs is 1. The molecule has 104 valence electrons. The lowest BCUT2D eigenvalue weighted by molar-refractivity contribution is 0.0699. The summed E-state index contributed by atoms with van der Waals surface area (Å²) >= 11 is 5.88. The van der Waals surface area contributed by atoms with Gasteiger partial charge in [-0.2, -0.15) is 0 Å². The highest BCUT2D eigenvalue weighted by Crippen LogP contribution is 2.32. The predicted octanol–water partition coefficient (Wildman–Crippen LogP) is 3.96. The first kappa shape index (κ1) is 13.4. The number of pyridine rings is 1. The Labute approximate surface area is 125 Å². The minimum atomic E-state index is -1.10. The zero-order valence-electron chi connectivity index (χ0n) is 10.7. The molecule has 0 spiro atoms. The summed E-state index contributed by atoms with van der Waals surface area (Å²) in [5.74, 6) is -1.24. The first-order valence-electron chi connectivity index (χ1n) is 6.18. The monoisotopic (exact) mass is 299 g/mol. The van der Waals surface area contributed by atoms with E-state index >= 15 is 0 Å². The average Bonchev–Trinajstić information content (AvgIpc) is 2.47. The molecule has 0 aliphatic rings. The van der Waals surface area contributed by atoms with Crippen LogP contribution in [0.25, 0.3) is 22.2 Å². The molecule has 0 radical (unpaired) electrons. The summed E-state index contributed by atoms with van der Waals surface area (Å²) in [6.45, 7) is 0. The van der Waals surface area contributed by atoms with Crippen molar-refractivity contribution in [2.45, 2.75) is 0 Å². The molecule has 0 aliphatic carbocycles. The molecule has 0 amide bonds.